The number of H-pyrrole nitrogens is 1. The first-order valence-corrected chi connectivity index (χ1v) is 7.66. The van der Waals surface area contributed by atoms with E-state index in [1.807, 2.05) is 0 Å². The molecule has 0 radical (unpaired) electrons. The van der Waals surface area contributed by atoms with Crippen molar-refractivity contribution < 1.29 is 18.7 Å². The number of aromatic amines is 1. The van der Waals surface area contributed by atoms with Gasteiger partial charge in [-0.25, -0.2) is 9.18 Å². The largest absolute Gasteiger partial charge is 0.461 e. The van der Waals surface area contributed by atoms with Gasteiger partial charge in [-0.15, -0.1) is 0 Å². The highest BCUT2D eigenvalue weighted by Crippen LogP contribution is 2.36. The Labute approximate surface area is 142 Å². The zero-order chi connectivity index (χ0) is 17.3. The molecule has 0 spiro atoms. The molecule has 0 bridgehead atoms. The van der Waals surface area contributed by atoms with Gasteiger partial charge in [-0.1, -0.05) is 17.7 Å². The minimum atomic E-state index is -0.573. The minimum Gasteiger partial charge on any atom is -0.461 e. The molecule has 24 heavy (non-hydrogen) atoms. The third kappa shape index (κ3) is 2.78. The monoisotopic (exact) mass is 345 g/mol. The normalized spacial score (nSPS) is 10.8. The van der Waals surface area contributed by atoms with E-state index < -0.39 is 11.8 Å². The first-order chi connectivity index (χ1) is 11.5. The molecule has 0 saturated carbocycles. The first kappa shape index (κ1) is 16.2. The molecule has 3 aromatic rings. The number of rotatable bonds is 4. The number of nitrogens with one attached hydrogen (secondary N) is 1. The fourth-order valence-electron chi connectivity index (χ4n) is 2.66. The summed E-state index contributed by atoms with van der Waals surface area (Å²) in [5, 5.41) is 0.882. The van der Waals surface area contributed by atoms with E-state index in [1.165, 1.54) is 24.3 Å². The molecule has 0 atom stereocenters. The summed E-state index contributed by atoms with van der Waals surface area (Å²) in [5.41, 5.74) is 1.94. The lowest BCUT2D eigenvalue weighted by Gasteiger charge is -2.08. The molecule has 1 N–H and O–H groups in total. The smallest absolute Gasteiger partial charge is 0.355 e. The molecule has 0 aliphatic heterocycles. The van der Waals surface area contributed by atoms with Crippen molar-refractivity contribution >= 4 is 34.8 Å². The van der Waals surface area contributed by atoms with Crippen molar-refractivity contribution in [1.82, 2.24) is 4.98 Å². The van der Waals surface area contributed by atoms with Crippen LogP contribution in [0.1, 0.15) is 27.8 Å². The zero-order valence-corrected chi connectivity index (χ0v) is 13.5. The Morgan fingerprint density at radius 2 is 2.08 bits per heavy atom. The Kier molecular flexibility index (Phi) is 4.36. The molecular weight excluding hydrogens is 333 g/mol. The summed E-state index contributed by atoms with van der Waals surface area (Å²) >= 11 is 5.93. The second-order valence-corrected chi connectivity index (χ2v) is 5.57. The van der Waals surface area contributed by atoms with Gasteiger partial charge in [0, 0.05) is 27.1 Å². The number of carbonyl (C=O) groups is 2. The van der Waals surface area contributed by atoms with Crippen molar-refractivity contribution in [3.8, 4) is 11.1 Å². The predicted octanol–water partition coefficient (Wildman–Crippen LogP) is 4.62. The second kappa shape index (κ2) is 6.45. The molecule has 4 nitrogen and oxygen atoms in total. The SMILES string of the molecule is CCOC(=O)c1[nH]c2ccc(F)cc2c1-c1ccc(Cl)cc1C=O. The third-order valence-electron chi connectivity index (χ3n) is 3.65. The van der Waals surface area contributed by atoms with Crippen LogP contribution in [0.25, 0.3) is 22.0 Å². The lowest BCUT2D eigenvalue weighted by molar-refractivity contribution is 0.0521. The van der Waals surface area contributed by atoms with Gasteiger partial charge in [0.2, 0.25) is 0 Å². The van der Waals surface area contributed by atoms with Crippen LogP contribution in [0.5, 0.6) is 0 Å². The predicted molar refractivity (Wildman–Crippen MR) is 90.0 cm³/mol. The number of aromatic nitrogens is 1. The van der Waals surface area contributed by atoms with Gasteiger partial charge >= 0.3 is 5.97 Å². The molecule has 6 heteroatoms. The molecule has 0 saturated heterocycles. The first-order valence-electron chi connectivity index (χ1n) is 7.28. The van der Waals surface area contributed by atoms with Crippen LogP contribution >= 0.6 is 11.6 Å². The number of ether oxygens (including phenoxy) is 1. The molecule has 0 aliphatic rings. The number of hydrogen-bond donors (Lipinski definition) is 1. The highest BCUT2D eigenvalue weighted by atomic mass is 35.5. The van der Waals surface area contributed by atoms with E-state index >= 15 is 0 Å². The highest BCUT2D eigenvalue weighted by molar-refractivity contribution is 6.31. The van der Waals surface area contributed by atoms with Gasteiger partial charge in [0.1, 0.15) is 11.5 Å². The summed E-state index contributed by atoms with van der Waals surface area (Å²) in [6, 6.07) is 8.87. The van der Waals surface area contributed by atoms with E-state index in [1.54, 1.807) is 19.1 Å². The minimum absolute atomic E-state index is 0.169. The highest BCUT2D eigenvalue weighted by Gasteiger charge is 2.22. The van der Waals surface area contributed by atoms with Crippen molar-refractivity contribution in [3.63, 3.8) is 0 Å². The van der Waals surface area contributed by atoms with Gasteiger partial charge in [-0.3, -0.25) is 4.79 Å². The Balaban J connectivity index is 2.36. The van der Waals surface area contributed by atoms with Crippen LogP contribution < -0.4 is 0 Å². The second-order valence-electron chi connectivity index (χ2n) is 5.13. The van der Waals surface area contributed by atoms with Crippen molar-refractivity contribution in [2.24, 2.45) is 0 Å². The van der Waals surface area contributed by atoms with Gasteiger partial charge in [0.25, 0.3) is 0 Å². The van der Waals surface area contributed by atoms with Crippen LogP contribution in [0.4, 0.5) is 4.39 Å². The number of halogens is 2. The van der Waals surface area contributed by atoms with Gasteiger partial charge in [-0.2, -0.15) is 0 Å². The third-order valence-corrected chi connectivity index (χ3v) is 3.89. The summed E-state index contributed by atoms with van der Waals surface area (Å²) in [4.78, 5) is 26.7. The molecule has 122 valence electrons. The zero-order valence-electron chi connectivity index (χ0n) is 12.7. The summed E-state index contributed by atoms with van der Waals surface area (Å²) in [6.45, 7) is 1.89. The quantitative estimate of drug-likeness (QED) is 0.554. The van der Waals surface area contributed by atoms with Crippen LogP contribution in [-0.4, -0.2) is 23.8 Å². The summed E-state index contributed by atoms with van der Waals surface area (Å²) in [5.74, 6) is -1.02. The molecule has 1 heterocycles. The standard InChI is InChI=1S/C18H13ClFNO3/c1-2-24-18(23)17-16(13-5-3-11(19)7-10(13)9-22)14-8-12(20)4-6-15(14)21-17/h3-9,21H,2H2,1H3. The number of esters is 1. The molecule has 0 amide bonds. The number of hydrogen-bond acceptors (Lipinski definition) is 3. The van der Waals surface area contributed by atoms with Gasteiger partial charge < -0.3 is 9.72 Å². The van der Waals surface area contributed by atoms with Crippen LogP contribution in [0.15, 0.2) is 36.4 Å². The summed E-state index contributed by atoms with van der Waals surface area (Å²) < 4.78 is 18.8. The maximum atomic E-state index is 13.7. The van der Waals surface area contributed by atoms with Crippen molar-refractivity contribution in [1.29, 1.82) is 0 Å². The maximum Gasteiger partial charge on any atom is 0.355 e. The lowest BCUT2D eigenvalue weighted by Crippen LogP contribution is -2.07. The molecule has 3 rings (SSSR count). The maximum absolute atomic E-state index is 13.7. The lowest BCUT2D eigenvalue weighted by atomic mass is 9.97. The van der Waals surface area contributed by atoms with E-state index in [9.17, 15) is 14.0 Å². The van der Waals surface area contributed by atoms with Gasteiger partial charge in [0.15, 0.2) is 6.29 Å². The number of benzene rings is 2. The van der Waals surface area contributed by atoms with Gasteiger partial charge in [-0.05, 0) is 42.8 Å². The molecule has 1 aromatic heterocycles. The number of fused-ring (bicyclic) bond motifs is 1. The molecular formula is C18H13ClFNO3. The fourth-order valence-corrected chi connectivity index (χ4v) is 2.84. The molecule has 0 aliphatic carbocycles. The van der Waals surface area contributed by atoms with E-state index in [-0.39, 0.29) is 12.3 Å². The van der Waals surface area contributed by atoms with E-state index in [0.29, 0.717) is 38.9 Å². The van der Waals surface area contributed by atoms with Crippen LogP contribution in [0.2, 0.25) is 5.02 Å². The molecule has 0 fully saturated rings. The molecule has 0 unspecified atom stereocenters. The summed E-state index contributed by atoms with van der Waals surface area (Å²) in [6.07, 6.45) is 0.647. The van der Waals surface area contributed by atoms with Crippen LogP contribution in [0.3, 0.4) is 0 Å². The number of carbonyl (C=O) groups excluding carboxylic acids is 2. The van der Waals surface area contributed by atoms with E-state index in [4.69, 9.17) is 16.3 Å². The average Bonchev–Trinajstić information content (AvgIpc) is 2.93. The van der Waals surface area contributed by atoms with E-state index in [2.05, 4.69) is 4.98 Å². The van der Waals surface area contributed by atoms with Gasteiger partial charge in [0.05, 0.1) is 6.61 Å². The number of aldehydes is 1. The fraction of sp³-hybridized carbons (Fsp3) is 0.111. The average molecular weight is 346 g/mol. The Morgan fingerprint density at radius 1 is 1.29 bits per heavy atom. The van der Waals surface area contributed by atoms with Crippen LogP contribution in [0, 0.1) is 5.82 Å². The Morgan fingerprint density at radius 3 is 2.79 bits per heavy atom. The van der Waals surface area contributed by atoms with E-state index in [0.717, 1.165) is 0 Å². The summed E-state index contributed by atoms with van der Waals surface area (Å²) in [7, 11) is 0. The van der Waals surface area contributed by atoms with Crippen molar-refractivity contribution in [3.05, 3.63) is 58.5 Å². The van der Waals surface area contributed by atoms with Crippen molar-refractivity contribution in [2.45, 2.75) is 6.92 Å². The van der Waals surface area contributed by atoms with Crippen LogP contribution in [-0.2, 0) is 4.74 Å². The Bertz CT molecular complexity index is 949. The molecule has 2 aromatic carbocycles. The van der Waals surface area contributed by atoms with Crippen molar-refractivity contribution in [2.75, 3.05) is 6.61 Å². The topological polar surface area (TPSA) is 59.2 Å². The Hall–Kier alpha value is -2.66.